The van der Waals surface area contributed by atoms with E-state index >= 15 is 0 Å². The molecule has 2 aliphatic carbocycles. The molecule has 7 heteroatoms. The molecule has 13 aromatic carbocycles. The van der Waals surface area contributed by atoms with Crippen molar-refractivity contribution in [1.82, 2.24) is 23.7 Å². The Morgan fingerprint density at radius 3 is 1.63 bits per heavy atom. The molecule has 0 radical (unpaired) electrons. The summed E-state index contributed by atoms with van der Waals surface area (Å²) in [5, 5.41) is 19.7. The molecule has 17 aromatic rings. The Bertz CT molecular complexity index is 6210. The third kappa shape index (κ3) is 7.71. The molecular formula is C87H53N7. The molecule has 7 nitrogen and oxygen atoms in total. The van der Waals surface area contributed by atoms with E-state index in [9.17, 15) is 5.26 Å². The minimum atomic E-state index is 0.146. The van der Waals surface area contributed by atoms with Crippen molar-refractivity contribution in [3.05, 3.63) is 326 Å². The van der Waals surface area contributed by atoms with Crippen molar-refractivity contribution in [2.24, 2.45) is 0 Å². The molecule has 2 unspecified atom stereocenters. The Hall–Kier alpha value is -12.6. The number of hydrogen-bond donors (Lipinski definition) is 0. The van der Waals surface area contributed by atoms with Crippen molar-refractivity contribution in [3.8, 4) is 79.3 Å². The van der Waals surface area contributed by atoms with Crippen LogP contribution in [-0.2, 0) is 0 Å². The third-order valence-electron chi connectivity index (χ3n) is 20.1. The SMILES string of the molecule is N#Cc1cccc(-c2nc(-c3cc(-n4c5ccccc5c5ccc(C6=CC7c8ccccc8N(c8ccccc8)C7C=C6)cc54)cc(-n4c5ccccc5c5ccc(-c6ccc7c(c6)c6ccccc6n7-c6ccccc6)cc54)c3)c3c(n2)-c2cccc4cccc-3c24)c1. The van der Waals surface area contributed by atoms with Crippen molar-refractivity contribution in [3.63, 3.8) is 0 Å². The van der Waals surface area contributed by atoms with Gasteiger partial charge in [0.25, 0.3) is 0 Å². The average molecular weight is 1200 g/mol. The van der Waals surface area contributed by atoms with Gasteiger partial charge in [0.15, 0.2) is 5.82 Å². The van der Waals surface area contributed by atoms with Crippen LogP contribution in [0.15, 0.2) is 309 Å². The number of aromatic nitrogens is 5. The highest BCUT2D eigenvalue weighted by molar-refractivity contribution is 6.18. The van der Waals surface area contributed by atoms with E-state index in [4.69, 9.17) is 9.97 Å². The van der Waals surface area contributed by atoms with Crippen molar-refractivity contribution in [2.75, 3.05) is 4.90 Å². The summed E-state index contributed by atoms with van der Waals surface area (Å²) in [6, 6.07) is 108. The van der Waals surface area contributed by atoms with Crippen LogP contribution in [0.3, 0.4) is 0 Å². The van der Waals surface area contributed by atoms with Crippen LogP contribution in [-0.4, -0.2) is 29.7 Å². The summed E-state index contributed by atoms with van der Waals surface area (Å²) in [6.45, 7) is 0. The number of anilines is 2. The zero-order valence-electron chi connectivity index (χ0n) is 50.7. The highest BCUT2D eigenvalue weighted by atomic mass is 15.2. The lowest BCUT2D eigenvalue weighted by Gasteiger charge is -2.29. The van der Waals surface area contributed by atoms with Gasteiger partial charge in [-0.1, -0.05) is 206 Å². The van der Waals surface area contributed by atoms with Crippen LogP contribution in [0, 0.1) is 11.3 Å². The molecule has 2 atom stereocenters. The first-order valence-electron chi connectivity index (χ1n) is 32.2. The molecule has 436 valence electrons. The molecule has 20 rings (SSSR count). The highest BCUT2D eigenvalue weighted by Gasteiger charge is 2.38. The molecule has 5 heterocycles. The first-order valence-corrected chi connectivity index (χ1v) is 32.2. The zero-order valence-corrected chi connectivity index (χ0v) is 50.7. The van der Waals surface area contributed by atoms with Gasteiger partial charge >= 0.3 is 0 Å². The number of hydrogen-bond acceptors (Lipinski definition) is 4. The van der Waals surface area contributed by atoms with E-state index in [1.54, 1.807) is 0 Å². The fraction of sp³-hybridized carbons (Fsp3) is 0.0230. The molecule has 4 aromatic heterocycles. The van der Waals surface area contributed by atoms with Gasteiger partial charge in [-0.25, -0.2) is 9.97 Å². The summed E-state index contributed by atoms with van der Waals surface area (Å²) in [7, 11) is 0. The second kappa shape index (κ2) is 20.2. The van der Waals surface area contributed by atoms with Gasteiger partial charge in [0.2, 0.25) is 0 Å². The van der Waals surface area contributed by atoms with Gasteiger partial charge in [-0.15, -0.1) is 0 Å². The van der Waals surface area contributed by atoms with E-state index in [1.165, 1.54) is 55.1 Å². The van der Waals surface area contributed by atoms with Crippen LogP contribution >= 0.6 is 0 Å². The number of nitriles is 1. The first-order chi connectivity index (χ1) is 46.6. The second-order valence-electron chi connectivity index (χ2n) is 25.1. The average Bonchev–Trinajstić information content (AvgIpc) is 1.55. The van der Waals surface area contributed by atoms with Gasteiger partial charge in [0, 0.05) is 88.9 Å². The fourth-order valence-electron chi connectivity index (χ4n) is 16.0. The Labute approximate surface area is 541 Å². The van der Waals surface area contributed by atoms with Gasteiger partial charge in [-0.05, 0) is 147 Å². The highest BCUT2D eigenvalue weighted by Crippen LogP contribution is 2.53. The molecule has 94 heavy (non-hydrogen) atoms. The van der Waals surface area contributed by atoms with E-state index in [1.807, 2.05) is 24.3 Å². The summed E-state index contributed by atoms with van der Waals surface area (Å²) in [4.78, 5) is 13.7. The quantitative estimate of drug-likeness (QED) is 0.152. The third-order valence-corrected chi connectivity index (χ3v) is 20.1. The largest absolute Gasteiger partial charge is 0.333 e. The minimum Gasteiger partial charge on any atom is -0.333 e. The van der Waals surface area contributed by atoms with Crippen LogP contribution in [0.5, 0.6) is 0 Å². The monoisotopic (exact) mass is 1200 g/mol. The summed E-state index contributed by atoms with van der Waals surface area (Å²) < 4.78 is 7.33. The lowest BCUT2D eigenvalue weighted by atomic mass is 9.86. The number of rotatable bonds is 8. The molecule has 0 N–H and O–H groups in total. The van der Waals surface area contributed by atoms with E-state index in [0.717, 1.165) is 117 Å². The molecule has 0 bridgehead atoms. The normalized spacial score (nSPS) is 14.6. The summed E-state index contributed by atoms with van der Waals surface area (Å²) >= 11 is 0. The summed E-state index contributed by atoms with van der Waals surface area (Å²) in [6.07, 6.45) is 7.24. The first kappa shape index (κ1) is 52.2. The van der Waals surface area contributed by atoms with Crippen LogP contribution in [0.2, 0.25) is 0 Å². The number of para-hydroxylation sites is 6. The fourth-order valence-corrected chi connectivity index (χ4v) is 16.0. The summed E-state index contributed by atoms with van der Waals surface area (Å²) in [5.41, 5.74) is 25.3. The van der Waals surface area contributed by atoms with E-state index in [0.29, 0.717) is 11.4 Å². The zero-order chi connectivity index (χ0) is 61.7. The van der Waals surface area contributed by atoms with Crippen LogP contribution in [0.25, 0.3) is 155 Å². The van der Waals surface area contributed by atoms with Crippen molar-refractivity contribution in [1.29, 1.82) is 5.26 Å². The lowest BCUT2D eigenvalue weighted by Crippen LogP contribution is -2.28. The van der Waals surface area contributed by atoms with Crippen molar-refractivity contribution < 1.29 is 0 Å². The molecule has 0 amide bonds. The van der Waals surface area contributed by atoms with Gasteiger partial charge < -0.3 is 18.6 Å². The Kier molecular flexibility index (Phi) is 11.2. The Morgan fingerprint density at radius 1 is 0.362 bits per heavy atom. The number of benzene rings is 13. The van der Waals surface area contributed by atoms with Gasteiger partial charge in [-0.2, -0.15) is 5.26 Å². The van der Waals surface area contributed by atoms with Crippen LogP contribution in [0.1, 0.15) is 22.6 Å². The smallest absolute Gasteiger partial charge is 0.160 e. The van der Waals surface area contributed by atoms with Crippen LogP contribution in [0.4, 0.5) is 11.4 Å². The van der Waals surface area contributed by atoms with Gasteiger partial charge in [0.05, 0.1) is 62.2 Å². The number of nitrogens with zero attached hydrogens (tertiary/aromatic N) is 7. The second-order valence-corrected chi connectivity index (χ2v) is 25.1. The van der Waals surface area contributed by atoms with E-state index in [2.05, 4.69) is 310 Å². The van der Waals surface area contributed by atoms with Crippen molar-refractivity contribution >= 4 is 93.1 Å². The van der Waals surface area contributed by atoms with Crippen LogP contribution < -0.4 is 4.90 Å². The molecule has 0 saturated carbocycles. The van der Waals surface area contributed by atoms with Gasteiger partial charge in [-0.3, -0.25) is 0 Å². The predicted octanol–water partition coefficient (Wildman–Crippen LogP) is 21.7. The van der Waals surface area contributed by atoms with Crippen molar-refractivity contribution in [2.45, 2.75) is 12.0 Å². The predicted molar refractivity (Wildman–Crippen MR) is 387 cm³/mol. The molecular weight excluding hydrogens is 1140 g/mol. The molecule has 0 spiro atoms. The minimum absolute atomic E-state index is 0.146. The molecule has 1 aliphatic heterocycles. The molecule has 0 saturated heterocycles. The standard InChI is InChI=1S/C87H53N7/c88-52-53-18-15-21-59(44-53)87-89-85(84-71-30-16-19-54-20-17-31-72(83(54)71)86(84)90-87)60-45-63(93-75-32-11-7-26-65(75)69-40-36-57(49-81(69)93)55-38-42-79-73(47-55)67-28-9-13-34-77(67)91(79)61-22-3-1-4-23-61)51-64(46-60)94-76-33-12-8-27-66(76)70-41-37-58(50-82(70)94)56-39-43-80-74(48-56)68-29-10-14-35-78(68)92(80)62-24-5-2-6-25-62/h1-51,73,79H. The maximum Gasteiger partial charge on any atom is 0.160 e. The number of allylic oxidation sites excluding steroid dienone is 2. The van der Waals surface area contributed by atoms with E-state index in [-0.39, 0.29) is 12.0 Å². The Morgan fingerprint density at radius 2 is 0.915 bits per heavy atom. The van der Waals surface area contributed by atoms with Gasteiger partial charge in [0.1, 0.15) is 0 Å². The Balaban J connectivity index is 0.836. The maximum absolute atomic E-state index is 10.3. The summed E-state index contributed by atoms with van der Waals surface area (Å²) in [5.74, 6) is 0.717. The molecule has 3 aliphatic rings. The lowest BCUT2D eigenvalue weighted by molar-refractivity contribution is 0.747. The topological polar surface area (TPSA) is 67.6 Å². The van der Waals surface area contributed by atoms with E-state index < -0.39 is 0 Å². The maximum atomic E-state index is 10.3. The molecule has 0 fully saturated rings. The number of fused-ring (bicyclic) bond motifs is 15.